The minimum Gasteiger partial charge on any atom is -0.369 e. The maximum Gasteiger partial charge on any atom is 0.248 e. The molecule has 1 saturated heterocycles. The number of carbonyl (C=O) groups excluding carboxylic acids is 3. The lowest BCUT2D eigenvalue weighted by molar-refractivity contribution is -0.122. The van der Waals surface area contributed by atoms with Gasteiger partial charge in [0.15, 0.2) is 0 Å². The van der Waals surface area contributed by atoms with E-state index >= 15 is 0 Å². The van der Waals surface area contributed by atoms with Gasteiger partial charge in [0.05, 0.1) is 17.8 Å². The van der Waals surface area contributed by atoms with Crippen LogP contribution in [0.3, 0.4) is 0 Å². The van der Waals surface area contributed by atoms with Crippen molar-refractivity contribution in [2.24, 2.45) is 11.7 Å². The maximum atomic E-state index is 12.2. The van der Waals surface area contributed by atoms with Gasteiger partial charge in [-0.05, 0) is 48.7 Å². The lowest BCUT2D eigenvalue weighted by atomic mass is 9.97. The van der Waals surface area contributed by atoms with E-state index in [9.17, 15) is 14.4 Å². The van der Waals surface area contributed by atoms with Crippen LogP contribution in [-0.2, 0) is 14.4 Å². The summed E-state index contributed by atoms with van der Waals surface area (Å²) in [5, 5.41) is 5.46. The van der Waals surface area contributed by atoms with Gasteiger partial charge >= 0.3 is 0 Å². The molecule has 8 heteroatoms. The van der Waals surface area contributed by atoms with Gasteiger partial charge in [-0.3, -0.25) is 14.4 Å². The van der Waals surface area contributed by atoms with Crippen LogP contribution in [0.15, 0.2) is 48.7 Å². The van der Waals surface area contributed by atoms with Crippen molar-refractivity contribution in [3.63, 3.8) is 0 Å². The molecule has 1 atom stereocenters. The van der Waals surface area contributed by atoms with Crippen molar-refractivity contribution in [3.05, 3.63) is 54.2 Å². The molecule has 3 rings (SSSR count). The van der Waals surface area contributed by atoms with Crippen LogP contribution in [0.25, 0.3) is 6.08 Å². The number of aromatic nitrogens is 1. The van der Waals surface area contributed by atoms with Crippen molar-refractivity contribution in [1.82, 2.24) is 4.98 Å². The van der Waals surface area contributed by atoms with Crippen LogP contribution in [0.5, 0.6) is 0 Å². The summed E-state index contributed by atoms with van der Waals surface area (Å²) in [7, 11) is 0. The Morgan fingerprint density at radius 2 is 1.83 bits per heavy atom. The molecule has 1 fully saturated rings. The molecule has 0 radical (unpaired) electrons. The Kier molecular flexibility index (Phi) is 6.79. The number of hydrogen-bond donors (Lipinski definition) is 3. The molecule has 1 aliphatic rings. The Morgan fingerprint density at radius 3 is 2.47 bits per heavy atom. The summed E-state index contributed by atoms with van der Waals surface area (Å²) < 4.78 is 0. The number of pyridine rings is 1. The van der Waals surface area contributed by atoms with Gasteiger partial charge in [0.1, 0.15) is 5.82 Å². The fourth-order valence-electron chi connectivity index (χ4n) is 3.30. The Morgan fingerprint density at radius 1 is 1.10 bits per heavy atom. The SMILES string of the molecule is CC(=O)Nc1ccc(/C=C/C(=O)Nc2ccc(N3CCCC(C(N)=O)C3)nc2)cc1. The van der Waals surface area contributed by atoms with Crippen LogP contribution < -0.4 is 21.3 Å². The molecule has 156 valence electrons. The molecule has 0 saturated carbocycles. The minimum absolute atomic E-state index is 0.134. The third-order valence-corrected chi connectivity index (χ3v) is 4.82. The molecule has 2 heterocycles. The Hall–Kier alpha value is -3.68. The molecule has 0 aliphatic carbocycles. The largest absolute Gasteiger partial charge is 0.369 e. The van der Waals surface area contributed by atoms with Gasteiger partial charge in [0.25, 0.3) is 0 Å². The van der Waals surface area contributed by atoms with E-state index in [1.807, 2.05) is 23.1 Å². The van der Waals surface area contributed by atoms with Gasteiger partial charge in [0, 0.05) is 31.8 Å². The Bertz CT molecular complexity index is 938. The van der Waals surface area contributed by atoms with Gasteiger partial charge in [-0.1, -0.05) is 12.1 Å². The monoisotopic (exact) mass is 407 g/mol. The number of benzene rings is 1. The molecule has 1 unspecified atom stereocenters. The predicted octanol–water partition coefficient (Wildman–Crippen LogP) is 2.39. The summed E-state index contributed by atoms with van der Waals surface area (Å²) >= 11 is 0. The van der Waals surface area contributed by atoms with E-state index in [0.717, 1.165) is 30.8 Å². The smallest absolute Gasteiger partial charge is 0.248 e. The van der Waals surface area contributed by atoms with E-state index in [1.165, 1.54) is 13.0 Å². The number of anilines is 3. The first kappa shape index (κ1) is 21.0. The number of rotatable bonds is 6. The lowest BCUT2D eigenvalue weighted by Gasteiger charge is -2.32. The molecule has 0 bridgehead atoms. The van der Waals surface area contributed by atoms with E-state index in [1.54, 1.807) is 30.5 Å². The van der Waals surface area contributed by atoms with Crippen molar-refractivity contribution in [1.29, 1.82) is 0 Å². The lowest BCUT2D eigenvalue weighted by Crippen LogP contribution is -2.41. The molecule has 8 nitrogen and oxygen atoms in total. The van der Waals surface area contributed by atoms with Gasteiger partial charge < -0.3 is 21.3 Å². The zero-order chi connectivity index (χ0) is 21.5. The van der Waals surface area contributed by atoms with E-state index in [0.29, 0.717) is 17.9 Å². The third kappa shape index (κ3) is 5.91. The van der Waals surface area contributed by atoms with E-state index in [2.05, 4.69) is 15.6 Å². The van der Waals surface area contributed by atoms with E-state index in [4.69, 9.17) is 5.73 Å². The van der Waals surface area contributed by atoms with Gasteiger partial charge in [-0.25, -0.2) is 4.98 Å². The second kappa shape index (κ2) is 9.69. The number of hydrogen-bond acceptors (Lipinski definition) is 5. The normalized spacial score (nSPS) is 16.3. The molecule has 30 heavy (non-hydrogen) atoms. The highest BCUT2D eigenvalue weighted by atomic mass is 16.2. The molecule has 1 aromatic heterocycles. The first-order valence-electron chi connectivity index (χ1n) is 9.78. The van der Waals surface area contributed by atoms with Crippen LogP contribution in [0.2, 0.25) is 0 Å². The number of carbonyl (C=O) groups is 3. The summed E-state index contributed by atoms with van der Waals surface area (Å²) in [6, 6.07) is 10.8. The number of primary amides is 1. The molecular formula is C22H25N5O3. The van der Waals surface area contributed by atoms with E-state index < -0.39 is 0 Å². The number of nitrogens with two attached hydrogens (primary N) is 1. The Labute approximate surface area is 175 Å². The second-order valence-electron chi connectivity index (χ2n) is 7.22. The zero-order valence-electron chi connectivity index (χ0n) is 16.8. The molecule has 1 aromatic carbocycles. The van der Waals surface area contributed by atoms with Crippen LogP contribution in [0.1, 0.15) is 25.3 Å². The maximum absolute atomic E-state index is 12.2. The second-order valence-corrected chi connectivity index (χ2v) is 7.22. The molecule has 1 aliphatic heterocycles. The van der Waals surface area contributed by atoms with Crippen molar-refractivity contribution in [2.45, 2.75) is 19.8 Å². The average molecular weight is 407 g/mol. The number of piperidine rings is 1. The summed E-state index contributed by atoms with van der Waals surface area (Å²) in [6.45, 7) is 2.84. The first-order valence-corrected chi connectivity index (χ1v) is 9.78. The average Bonchev–Trinajstić information content (AvgIpc) is 2.73. The summed E-state index contributed by atoms with van der Waals surface area (Å²) in [6.07, 6.45) is 6.42. The molecule has 0 spiro atoms. The van der Waals surface area contributed by atoms with Crippen molar-refractivity contribution < 1.29 is 14.4 Å². The predicted molar refractivity (Wildman–Crippen MR) is 117 cm³/mol. The van der Waals surface area contributed by atoms with Gasteiger partial charge in [-0.15, -0.1) is 0 Å². The summed E-state index contributed by atoms with van der Waals surface area (Å²) in [5.74, 6) is -0.0845. The van der Waals surface area contributed by atoms with E-state index in [-0.39, 0.29) is 23.6 Å². The van der Waals surface area contributed by atoms with Crippen molar-refractivity contribution >= 4 is 41.0 Å². The first-order chi connectivity index (χ1) is 14.4. The van der Waals surface area contributed by atoms with Crippen LogP contribution in [0.4, 0.5) is 17.2 Å². The summed E-state index contributed by atoms with van der Waals surface area (Å²) in [4.78, 5) is 41.1. The standard InChI is InChI=1S/C22H25N5O3/c1-15(28)25-18-7-4-16(5-8-18)6-11-21(29)26-19-9-10-20(24-13-19)27-12-2-3-17(14-27)22(23)30/h4-11,13,17H,2-3,12,14H2,1H3,(H2,23,30)(H,25,28)(H,26,29)/b11-6+. The zero-order valence-corrected chi connectivity index (χ0v) is 16.8. The fourth-order valence-corrected chi connectivity index (χ4v) is 3.30. The highest BCUT2D eigenvalue weighted by Crippen LogP contribution is 2.22. The van der Waals surface area contributed by atoms with Gasteiger partial charge in [-0.2, -0.15) is 0 Å². The minimum atomic E-state index is -0.278. The van der Waals surface area contributed by atoms with Crippen LogP contribution in [0, 0.1) is 5.92 Å². The molecule has 4 N–H and O–H groups in total. The van der Waals surface area contributed by atoms with Crippen molar-refractivity contribution in [2.75, 3.05) is 28.6 Å². The highest BCUT2D eigenvalue weighted by molar-refractivity contribution is 6.01. The quantitative estimate of drug-likeness (QED) is 0.636. The number of amides is 3. The number of nitrogens with one attached hydrogen (secondary N) is 2. The molecule has 2 aromatic rings. The molecule has 3 amide bonds. The fraction of sp³-hybridized carbons (Fsp3) is 0.273. The Balaban J connectivity index is 1.54. The van der Waals surface area contributed by atoms with Crippen LogP contribution >= 0.6 is 0 Å². The third-order valence-electron chi connectivity index (χ3n) is 4.82. The summed E-state index contributed by atoms with van der Waals surface area (Å²) in [5.41, 5.74) is 7.54. The molecular weight excluding hydrogens is 382 g/mol. The highest BCUT2D eigenvalue weighted by Gasteiger charge is 2.24. The van der Waals surface area contributed by atoms with Crippen LogP contribution in [-0.4, -0.2) is 35.8 Å². The van der Waals surface area contributed by atoms with Gasteiger partial charge in [0.2, 0.25) is 17.7 Å². The van der Waals surface area contributed by atoms with Crippen molar-refractivity contribution in [3.8, 4) is 0 Å². The topological polar surface area (TPSA) is 117 Å². The number of nitrogens with zero attached hydrogens (tertiary/aromatic N) is 2.